The summed E-state index contributed by atoms with van der Waals surface area (Å²) in [5.41, 5.74) is 3.33. The summed E-state index contributed by atoms with van der Waals surface area (Å²) in [5, 5.41) is 0. The van der Waals surface area contributed by atoms with Crippen molar-refractivity contribution in [3.05, 3.63) is 54.1 Å². The quantitative estimate of drug-likeness (QED) is 0.784. The van der Waals surface area contributed by atoms with Crippen LogP contribution < -0.4 is 14.5 Å². The van der Waals surface area contributed by atoms with Crippen LogP contribution in [-0.4, -0.2) is 50.6 Å². The second kappa shape index (κ2) is 8.44. The number of fused-ring (bicyclic) bond motifs is 1. The molecule has 2 aromatic rings. The number of amides is 1. The maximum Gasteiger partial charge on any atom is 0.224 e. The van der Waals surface area contributed by atoms with Crippen LogP contribution in [0.5, 0.6) is 5.75 Å². The molecule has 1 amide bonds. The Kier molecular flexibility index (Phi) is 6.01. The van der Waals surface area contributed by atoms with Crippen LogP contribution in [0.3, 0.4) is 0 Å². The molecule has 0 aliphatic carbocycles. The molecule has 0 spiro atoms. The lowest BCUT2D eigenvalue weighted by atomic mass is 10.1. The molecule has 0 N–H and O–H groups in total. The molecule has 27 heavy (non-hydrogen) atoms. The van der Waals surface area contributed by atoms with Crippen LogP contribution in [0.1, 0.15) is 19.4 Å². The molecule has 1 aliphatic rings. The van der Waals surface area contributed by atoms with Crippen LogP contribution in [-0.2, 0) is 11.3 Å². The average molecular weight is 367 g/mol. The third-order valence-corrected chi connectivity index (χ3v) is 4.85. The minimum Gasteiger partial charge on any atom is -0.492 e. The second-order valence-corrected chi connectivity index (χ2v) is 7.40. The van der Waals surface area contributed by atoms with Crippen LogP contribution in [0.4, 0.5) is 11.4 Å². The first-order valence-corrected chi connectivity index (χ1v) is 9.46. The molecule has 0 radical (unpaired) electrons. The lowest BCUT2D eigenvalue weighted by Gasteiger charge is -2.41. The number of carbonyl (C=O) groups excluding carboxylic acids is 1. The van der Waals surface area contributed by atoms with Crippen molar-refractivity contribution < 1.29 is 9.53 Å². The van der Waals surface area contributed by atoms with E-state index < -0.39 is 0 Å². The number of para-hydroxylation sites is 2. The summed E-state index contributed by atoms with van der Waals surface area (Å²) in [7, 11) is 4.08. The van der Waals surface area contributed by atoms with Gasteiger partial charge < -0.3 is 19.4 Å². The van der Waals surface area contributed by atoms with Gasteiger partial charge in [-0.25, -0.2) is 0 Å². The van der Waals surface area contributed by atoms with Gasteiger partial charge in [-0.05, 0) is 50.8 Å². The molecule has 2 aromatic carbocycles. The fourth-order valence-corrected chi connectivity index (χ4v) is 3.56. The van der Waals surface area contributed by atoms with E-state index in [-0.39, 0.29) is 11.9 Å². The standard InChI is InChI=1S/C22H29N3O2/c1-17-15-24(21-7-5-6-8-22(21)25(17)18(2)26)16-19-9-11-20(12-10-19)27-14-13-23(3)4/h5-12,17H,13-16H2,1-4H3/t17-/m0/s1. The number of rotatable bonds is 6. The van der Waals surface area contributed by atoms with Crippen molar-refractivity contribution in [1.29, 1.82) is 0 Å². The van der Waals surface area contributed by atoms with E-state index in [0.29, 0.717) is 6.61 Å². The Labute approximate surface area is 162 Å². The summed E-state index contributed by atoms with van der Waals surface area (Å²) in [6.07, 6.45) is 0. The summed E-state index contributed by atoms with van der Waals surface area (Å²) in [6.45, 7) is 6.95. The van der Waals surface area contributed by atoms with Gasteiger partial charge in [-0.2, -0.15) is 0 Å². The fourth-order valence-electron chi connectivity index (χ4n) is 3.56. The van der Waals surface area contributed by atoms with E-state index in [2.05, 4.69) is 34.9 Å². The smallest absolute Gasteiger partial charge is 0.224 e. The normalized spacial score (nSPS) is 16.4. The number of carbonyl (C=O) groups is 1. The van der Waals surface area contributed by atoms with E-state index >= 15 is 0 Å². The first-order valence-electron chi connectivity index (χ1n) is 9.46. The molecule has 0 aromatic heterocycles. The molecule has 5 heteroatoms. The Morgan fingerprint density at radius 1 is 1.11 bits per heavy atom. The maximum atomic E-state index is 12.1. The molecule has 1 heterocycles. The predicted octanol–water partition coefficient (Wildman–Crippen LogP) is 3.39. The zero-order chi connectivity index (χ0) is 19.4. The molecule has 0 fully saturated rings. The van der Waals surface area contributed by atoms with Crippen LogP contribution in [0.15, 0.2) is 48.5 Å². The van der Waals surface area contributed by atoms with E-state index in [1.165, 1.54) is 5.56 Å². The molecule has 0 unspecified atom stereocenters. The number of hydrogen-bond donors (Lipinski definition) is 0. The van der Waals surface area contributed by atoms with Gasteiger partial charge in [0.05, 0.1) is 17.4 Å². The van der Waals surface area contributed by atoms with Gasteiger partial charge in [0.1, 0.15) is 12.4 Å². The van der Waals surface area contributed by atoms with Gasteiger partial charge >= 0.3 is 0 Å². The third-order valence-electron chi connectivity index (χ3n) is 4.85. The lowest BCUT2D eigenvalue weighted by molar-refractivity contribution is -0.117. The first kappa shape index (κ1) is 19.2. The van der Waals surface area contributed by atoms with E-state index in [0.717, 1.165) is 36.8 Å². The fraction of sp³-hybridized carbons (Fsp3) is 0.409. The zero-order valence-corrected chi connectivity index (χ0v) is 16.7. The molecule has 3 rings (SSSR count). The van der Waals surface area contributed by atoms with E-state index in [9.17, 15) is 4.79 Å². The maximum absolute atomic E-state index is 12.1. The molecule has 0 bridgehead atoms. The highest BCUT2D eigenvalue weighted by atomic mass is 16.5. The number of likely N-dealkylation sites (N-methyl/N-ethyl adjacent to an activating group) is 1. The summed E-state index contributed by atoms with van der Waals surface area (Å²) in [6, 6.07) is 16.6. The van der Waals surface area contributed by atoms with Crippen molar-refractivity contribution in [2.45, 2.75) is 26.4 Å². The monoisotopic (exact) mass is 367 g/mol. The zero-order valence-electron chi connectivity index (χ0n) is 16.7. The summed E-state index contributed by atoms with van der Waals surface area (Å²) in [5.74, 6) is 0.990. The van der Waals surface area contributed by atoms with Crippen molar-refractivity contribution in [3.8, 4) is 5.75 Å². The summed E-state index contributed by atoms with van der Waals surface area (Å²) < 4.78 is 5.78. The highest BCUT2D eigenvalue weighted by Gasteiger charge is 2.30. The highest BCUT2D eigenvalue weighted by Crippen LogP contribution is 2.36. The Hall–Kier alpha value is -2.53. The molecule has 1 aliphatic heterocycles. The molecular weight excluding hydrogens is 338 g/mol. The number of anilines is 2. The minimum atomic E-state index is 0.0915. The van der Waals surface area contributed by atoms with Gasteiger partial charge in [0.15, 0.2) is 0 Å². The van der Waals surface area contributed by atoms with Gasteiger partial charge in [-0.1, -0.05) is 24.3 Å². The highest BCUT2D eigenvalue weighted by molar-refractivity contribution is 5.97. The van der Waals surface area contributed by atoms with Gasteiger partial charge in [0.25, 0.3) is 0 Å². The molecule has 1 atom stereocenters. The molecule has 0 saturated carbocycles. The summed E-state index contributed by atoms with van der Waals surface area (Å²) in [4.78, 5) is 18.4. The third kappa shape index (κ3) is 4.61. The topological polar surface area (TPSA) is 36.0 Å². The van der Waals surface area contributed by atoms with Crippen LogP contribution in [0.25, 0.3) is 0 Å². The number of ether oxygens (including phenoxy) is 1. The van der Waals surface area contributed by atoms with Crippen molar-refractivity contribution in [1.82, 2.24) is 4.90 Å². The van der Waals surface area contributed by atoms with Crippen molar-refractivity contribution in [3.63, 3.8) is 0 Å². The van der Waals surface area contributed by atoms with Crippen molar-refractivity contribution in [2.24, 2.45) is 0 Å². The Balaban J connectivity index is 1.72. The molecule has 0 saturated heterocycles. The molecule has 5 nitrogen and oxygen atoms in total. The van der Waals surface area contributed by atoms with Crippen molar-refractivity contribution >= 4 is 17.3 Å². The van der Waals surface area contributed by atoms with Gasteiger partial charge in [-0.3, -0.25) is 4.79 Å². The van der Waals surface area contributed by atoms with Crippen LogP contribution in [0.2, 0.25) is 0 Å². The van der Waals surface area contributed by atoms with Gasteiger partial charge in [0.2, 0.25) is 5.91 Å². The Morgan fingerprint density at radius 3 is 2.41 bits per heavy atom. The number of hydrogen-bond acceptors (Lipinski definition) is 4. The van der Waals surface area contributed by atoms with Crippen molar-refractivity contribution in [2.75, 3.05) is 43.6 Å². The number of nitrogens with zero attached hydrogens (tertiary/aromatic N) is 3. The van der Waals surface area contributed by atoms with Gasteiger partial charge in [0, 0.05) is 26.6 Å². The minimum absolute atomic E-state index is 0.0915. The van der Waals surface area contributed by atoms with E-state index in [1.54, 1.807) is 6.92 Å². The predicted molar refractivity (Wildman–Crippen MR) is 111 cm³/mol. The van der Waals surface area contributed by atoms with Crippen LogP contribution >= 0.6 is 0 Å². The lowest BCUT2D eigenvalue weighted by Crippen LogP contribution is -2.49. The van der Waals surface area contributed by atoms with E-state index in [1.807, 2.05) is 49.3 Å². The average Bonchev–Trinajstić information content (AvgIpc) is 2.62. The van der Waals surface area contributed by atoms with Crippen LogP contribution in [0, 0.1) is 0 Å². The Bertz CT molecular complexity index is 773. The largest absolute Gasteiger partial charge is 0.492 e. The van der Waals surface area contributed by atoms with Gasteiger partial charge in [-0.15, -0.1) is 0 Å². The Morgan fingerprint density at radius 2 is 1.78 bits per heavy atom. The SMILES string of the molecule is CC(=O)N1c2ccccc2N(Cc2ccc(OCCN(C)C)cc2)C[C@@H]1C. The summed E-state index contributed by atoms with van der Waals surface area (Å²) >= 11 is 0. The second-order valence-electron chi connectivity index (χ2n) is 7.40. The van der Waals surface area contributed by atoms with E-state index in [4.69, 9.17) is 4.74 Å². The first-order chi connectivity index (χ1) is 13.0. The molecular formula is C22H29N3O2. The molecule has 144 valence electrons. The number of benzene rings is 2.